The molecule has 3 aromatic rings. The first-order chi connectivity index (χ1) is 15.5. The maximum atomic E-state index is 13.1. The minimum atomic E-state index is -0.786. The molecular weight excluding hydrogens is 406 g/mol. The molecule has 32 heavy (non-hydrogen) atoms. The number of methoxy groups -OCH3 is 2. The molecule has 0 saturated carbocycles. The summed E-state index contributed by atoms with van der Waals surface area (Å²) < 4.78 is 11.0. The van der Waals surface area contributed by atoms with Crippen molar-refractivity contribution in [3.63, 3.8) is 0 Å². The average molecular weight is 431 g/mol. The van der Waals surface area contributed by atoms with Crippen LogP contribution in [0.3, 0.4) is 0 Å². The van der Waals surface area contributed by atoms with Crippen LogP contribution in [0.4, 0.5) is 0 Å². The first-order valence-corrected chi connectivity index (χ1v) is 10.5. The predicted octanol–water partition coefficient (Wildman–Crippen LogP) is 4.69. The smallest absolute Gasteiger partial charge is 0.295 e. The molecular formula is C26H25NO5. The summed E-state index contributed by atoms with van der Waals surface area (Å²) in [5.41, 5.74) is 1.11. The third-order valence-corrected chi connectivity index (χ3v) is 5.76. The highest BCUT2D eigenvalue weighted by molar-refractivity contribution is 6.46. The summed E-state index contributed by atoms with van der Waals surface area (Å²) in [6, 6.07) is 17.7. The number of hydrogen-bond donors (Lipinski definition) is 1. The number of ketones is 1. The highest BCUT2D eigenvalue weighted by Gasteiger charge is 2.47. The van der Waals surface area contributed by atoms with E-state index in [2.05, 4.69) is 0 Å². The zero-order valence-corrected chi connectivity index (χ0v) is 18.3. The Balaban J connectivity index is 1.95. The largest absolute Gasteiger partial charge is 0.507 e. The van der Waals surface area contributed by atoms with Crippen molar-refractivity contribution in [1.82, 2.24) is 4.90 Å². The fraction of sp³-hybridized carbons (Fsp3) is 0.231. The summed E-state index contributed by atoms with van der Waals surface area (Å²) in [6.07, 6.45) is 0.659. The molecule has 4 rings (SSSR count). The van der Waals surface area contributed by atoms with Gasteiger partial charge in [-0.3, -0.25) is 9.59 Å². The molecule has 0 bridgehead atoms. The lowest BCUT2D eigenvalue weighted by Gasteiger charge is -2.26. The van der Waals surface area contributed by atoms with Crippen LogP contribution in [0.5, 0.6) is 11.5 Å². The van der Waals surface area contributed by atoms with Gasteiger partial charge in [-0.15, -0.1) is 0 Å². The number of para-hydroxylation sites is 1. The molecule has 0 aliphatic carbocycles. The van der Waals surface area contributed by atoms with Gasteiger partial charge in [0.15, 0.2) is 11.5 Å². The van der Waals surface area contributed by atoms with Gasteiger partial charge in [0.05, 0.1) is 25.8 Å². The van der Waals surface area contributed by atoms with Crippen LogP contribution >= 0.6 is 0 Å². The molecule has 1 atom stereocenters. The van der Waals surface area contributed by atoms with E-state index >= 15 is 0 Å². The minimum absolute atomic E-state index is 0.0466. The van der Waals surface area contributed by atoms with Crippen LogP contribution in [0.15, 0.2) is 66.2 Å². The molecule has 1 aliphatic heterocycles. The second-order valence-corrected chi connectivity index (χ2v) is 7.64. The number of likely N-dealkylation sites (tertiary alicyclic amines) is 1. The van der Waals surface area contributed by atoms with E-state index in [1.165, 1.54) is 19.1 Å². The van der Waals surface area contributed by atoms with Crippen LogP contribution < -0.4 is 9.47 Å². The number of amides is 1. The van der Waals surface area contributed by atoms with Crippen molar-refractivity contribution in [2.75, 3.05) is 20.8 Å². The maximum absolute atomic E-state index is 13.1. The van der Waals surface area contributed by atoms with Crippen molar-refractivity contribution in [2.24, 2.45) is 0 Å². The van der Waals surface area contributed by atoms with Gasteiger partial charge in [-0.2, -0.15) is 0 Å². The number of fused-ring (bicyclic) bond motifs is 1. The number of ether oxygens (including phenoxy) is 2. The van der Waals surface area contributed by atoms with Crippen LogP contribution in [0.2, 0.25) is 0 Å². The summed E-state index contributed by atoms with van der Waals surface area (Å²) in [5.74, 6) is -0.643. The molecule has 1 unspecified atom stereocenters. The second kappa shape index (κ2) is 8.75. The number of aliphatic hydroxyl groups excluding tert-OH is 1. The van der Waals surface area contributed by atoms with E-state index in [-0.39, 0.29) is 11.3 Å². The topological polar surface area (TPSA) is 76.1 Å². The van der Waals surface area contributed by atoms with Crippen molar-refractivity contribution in [1.29, 1.82) is 0 Å². The van der Waals surface area contributed by atoms with Crippen LogP contribution in [-0.4, -0.2) is 42.5 Å². The van der Waals surface area contributed by atoms with E-state index in [4.69, 9.17) is 9.47 Å². The number of aliphatic hydroxyl groups is 1. The van der Waals surface area contributed by atoms with Crippen molar-refractivity contribution in [3.05, 3.63) is 77.4 Å². The van der Waals surface area contributed by atoms with Gasteiger partial charge in [0.1, 0.15) is 5.76 Å². The lowest BCUT2D eigenvalue weighted by molar-refractivity contribution is -0.139. The Hall–Kier alpha value is -3.80. The lowest BCUT2D eigenvalue weighted by atomic mass is 9.93. The van der Waals surface area contributed by atoms with Gasteiger partial charge in [0, 0.05) is 17.7 Å². The Morgan fingerprint density at radius 3 is 2.41 bits per heavy atom. The fourth-order valence-electron chi connectivity index (χ4n) is 4.29. The molecule has 1 N–H and O–H groups in total. The number of rotatable bonds is 6. The molecule has 1 fully saturated rings. The summed E-state index contributed by atoms with van der Waals surface area (Å²) in [6.45, 7) is 2.30. The summed E-state index contributed by atoms with van der Waals surface area (Å²) in [5, 5.41) is 13.2. The van der Waals surface area contributed by atoms with Gasteiger partial charge in [0.2, 0.25) is 0 Å². The molecule has 1 aliphatic rings. The number of Topliss-reactive ketones (excluding diaryl/α,β-unsaturated/α-hetero) is 1. The highest BCUT2D eigenvalue weighted by atomic mass is 16.5. The first-order valence-electron chi connectivity index (χ1n) is 10.5. The number of carbonyl (C=O) groups excluding carboxylic acids is 2. The van der Waals surface area contributed by atoms with E-state index in [1.54, 1.807) is 24.3 Å². The third kappa shape index (κ3) is 3.47. The van der Waals surface area contributed by atoms with E-state index in [0.717, 1.165) is 10.8 Å². The summed E-state index contributed by atoms with van der Waals surface area (Å²) in [7, 11) is 3.04. The average Bonchev–Trinajstić information content (AvgIpc) is 3.07. The molecule has 0 aromatic heterocycles. The Kier molecular flexibility index (Phi) is 5.86. The number of hydrogen-bond acceptors (Lipinski definition) is 5. The number of nitrogens with zero attached hydrogens (tertiary/aromatic N) is 1. The molecule has 6 heteroatoms. The monoisotopic (exact) mass is 431 g/mol. The first kappa shape index (κ1) is 21.4. The van der Waals surface area contributed by atoms with Crippen LogP contribution in [0, 0.1) is 0 Å². The van der Waals surface area contributed by atoms with Gasteiger partial charge in [0.25, 0.3) is 11.7 Å². The van der Waals surface area contributed by atoms with Crippen molar-refractivity contribution in [3.8, 4) is 11.5 Å². The van der Waals surface area contributed by atoms with Gasteiger partial charge in [-0.25, -0.2) is 0 Å². The van der Waals surface area contributed by atoms with Gasteiger partial charge >= 0.3 is 0 Å². The quantitative estimate of drug-likeness (QED) is 0.348. The normalized spacial score (nSPS) is 17.7. The Bertz CT molecular complexity index is 1230. The predicted molar refractivity (Wildman–Crippen MR) is 123 cm³/mol. The zero-order valence-electron chi connectivity index (χ0n) is 18.3. The molecule has 1 amide bonds. The zero-order chi connectivity index (χ0) is 22.8. The van der Waals surface area contributed by atoms with Crippen LogP contribution in [0.1, 0.15) is 30.5 Å². The molecule has 3 aromatic carbocycles. The Morgan fingerprint density at radius 1 is 0.969 bits per heavy atom. The molecule has 1 heterocycles. The third-order valence-electron chi connectivity index (χ3n) is 5.76. The summed E-state index contributed by atoms with van der Waals surface area (Å²) >= 11 is 0. The van der Waals surface area contributed by atoms with E-state index in [1.807, 2.05) is 43.3 Å². The fourth-order valence-corrected chi connectivity index (χ4v) is 4.29. The summed E-state index contributed by atoms with van der Waals surface area (Å²) in [4.78, 5) is 27.6. The van der Waals surface area contributed by atoms with Crippen LogP contribution in [0.25, 0.3) is 16.5 Å². The molecule has 6 nitrogen and oxygen atoms in total. The van der Waals surface area contributed by atoms with Gasteiger partial charge in [-0.05, 0) is 29.3 Å². The van der Waals surface area contributed by atoms with E-state index in [0.29, 0.717) is 35.6 Å². The van der Waals surface area contributed by atoms with E-state index < -0.39 is 17.7 Å². The maximum Gasteiger partial charge on any atom is 0.295 e. The minimum Gasteiger partial charge on any atom is -0.507 e. The number of carbonyl (C=O) groups is 2. The van der Waals surface area contributed by atoms with Gasteiger partial charge in [-0.1, -0.05) is 55.5 Å². The van der Waals surface area contributed by atoms with Gasteiger partial charge < -0.3 is 19.5 Å². The second-order valence-electron chi connectivity index (χ2n) is 7.64. The van der Waals surface area contributed by atoms with Crippen molar-refractivity contribution in [2.45, 2.75) is 19.4 Å². The van der Waals surface area contributed by atoms with Crippen molar-refractivity contribution >= 4 is 28.2 Å². The Labute approximate surface area is 186 Å². The lowest BCUT2D eigenvalue weighted by Crippen LogP contribution is -2.30. The van der Waals surface area contributed by atoms with Crippen LogP contribution in [-0.2, 0) is 9.59 Å². The molecule has 1 saturated heterocycles. The molecule has 164 valence electrons. The Morgan fingerprint density at radius 2 is 1.72 bits per heavy atom. The van der Waals surface area contributed by atoms with E-state index in [9.17, 15) is 14.7 Å². The SMILES string of the molecule is CCCN1C(=O)C(=O)/C(=C(/O)c2ccc3ccccc3c2)C1c1cccc(OC)c1OC. The molecule has 0 radical (unpaired) electrons. The highest BCUT2D eigenvalue weighted by Crippen LogP contribution is 2.45. The number of benzene rings is 3. The van der Waals surface area contributed by atoms with Crippen molar-refractivity contribution < 1.29 is 24.2 Å². The molecule has 0 spiro atoms. The standard InChI is InChI=1S/C26H25NO5/c1-4-14-27-22(19-10-7-11-20(31-2)25(19)32-3)21(24(29)26(27)30)23(28)18-13-12-16-8-5-6-9-17(16)15-18/h5-13,15,22,28H,4,14H2,1-3H3/b23-21+.